The van der Waals surface area contributed by atoms with Gasteiger partial charge in [0.25, 0.3) is 0 Å². The zero-order chi connectivity index (χ0) is 33.0. The zero-order valence-corrected chi connectivity index (χ0v) is 28.0. The maximum absolute atomic E-state index is 13.9. The lowest BCUT2D eigenvalue weighted by Crippen LogP contribution is -2.33. The summed E-state index contributed by atoms with van der Waals surface area (Å²) in [6, 6.07) is 24.8. The number of nitrogens with zero attached hydrogens (tertiary/aromatic N) is 6. The van der Waals surface area contributed by atoms with E-state index in [0.717, 1.165) is 46.4 Å². The summed E-state index contributed by atoms with van der Waals surface area (Å²) in [7, 11) is 0. The van der Waals surface area contributed by atoms with Gasteiger partial charge in [-0.05, 0) is 85.4 Å². The van der Waals surface area contributed by atoms with Gasteiger partial charge in [0.15, 0.2) is 10.3 Å². The van der Waals surface area contributed by atoms with Crippen LogP contribution in [-0.4, -0.2) is 57.1 Å². The number of carboxylic acids is 1. The fourth-order valence-corrected chi connectivity index (χ4v) is 7.77. The second-order valence-corrected chi connectivity index (χ2v) is 15.3. The van der Waals surface area contributed by atoms with Crippen molar-refractivity contribution in [1.29, 1.82) is 0 Å². The molecular weight excluding hydrogens is 645 g/mol. The molecule has 48 heavy (non-hydrogen) atoms. The van der Waals surface area contributed by atoms with Gasteiger partial charge >= 0.3 is 17.9 Å². The normalized spacial score (nSPS) is 14.9. The summed E-state index contributed by atoms with van der Waals surface area (Å²) in [5, 5.41) is 31.7. The van der Waals surface area contributed by atoms with Crippen molar-refractivity contribution >= 4 is 57.0 Å². The first-order valence-electron chi connectivity index (χ1n) is 15.9. The molecular formula is C36H32N6O4S2. The Morgan fingerprint density at radius 1 is 0.792 bits per heavy atom. The third kappa shape index (κ3) is 5.73. The Morgan fingerprint density at radius 3 is 1.98 bits per heavy atom. The number of aliphatic carboxylic acids is 1. The fraction of sp³-hybridized carbons (Fsp3) is 0.278. The fourth-order valence-electron chi connectivity index (χ4n) is 6.20. The molecule has 0 unspecified atom stereocenters. The lowest BCUT2D eigenvalue weighted by Gasteiger charge is -2.22. The summed E-state index contributed by atoms with van der Waals surface area (Å²) in [6.45, 7) is 3.54. The molecule has 10 nitrogen and oxygen atoms in total. The number of fused-ring (bicyclic) bond motifs is 2. The van der Waals surface area contributed by atoms with Crippen molar-refractivity contribution in [2.24, 2.45) is 0 Å². The molecule has 4 aromatic carbocycles. The molecule has 12 heteroatoms. The van der Waals surface area contributed by atoms with Gasteiger partial charge in [0.2, 0.25) is 0 Å². The van der Waals surface area contributed by atoms with Crippen molar-refractivity contribution < 1.29 is 19.4 Å². The number of carboxylic acid groups (broad SMARTS) is 1. The predicted molar refractivity (Wildman–Crippen MR) is 186 cm³/mol. The topological polar surface area (TPSA) is 125 Å². The zero-order valence-electron chi connectivity index (χ0n) is 26.4. The third-order valence-electron chi connectivity index (χ3n) is 8.87. The molecule has 2 heterocycles. The average molecular weight is 677 g/mol. The quantitative estimate of drug-likeness (QED) is 0.109. The van der Waals surface area contributed by atoms with Crippen molar-refractivity contribution in [3.05, 3.63) is 90.3 Å². The standard InChI is InChI=1S/C36H32N6O4S2/c1-36(2,48-34-39-37-20-41(34)29-17-15-23(21-11-12-21)25-7-3-5-9-27(25)29)32(45)46-33-38-40-35(47-19-31(43)44)42(33)30-18-16-24(22-13-14-22)26-8-4-6-10-28(26)30/h3-10,15-18,20-22H,11-14,19H2,1-2H3,(H,43,44). The largest absolute Gasteiger partial charge is 0.481 e. The SMILES string of the molecule is CC(C)(Sc1nncn1-c1ccc(C2CC2)c2ccccc12)C(=O)Oc1nnc(SCC(=O)O)n1-c1ccc(C2CC2)c2ccccc12. The number of carbonyl (C=O) groups is 2. The molecule has 0 bridgehead atoms. The first kappa shape index (κ1) is 30.6. The van der Waals surface area contributed by atoms with Crippen LogP contribution in [-0.2, 0) is 9.59 Å². The summed E-state index contributed by atoms with van der Waals surface area (Å²) in [5.74, 6) is -0.641. The number of esters is 1. The highest BCUT2D eigenvalue weighted by molar-refractivity contribution is 8.01. The van der Waals surface area contributed by atoms with Gasteiger partial charge in [-0.3, -0.25) is 14.2 Å². The Labute approximate surface area is 284 Å². The first-order chi connectivity index (χ1) is 23.3. The minimum atomic E-state index is -1.11. The van der Waals surface area contributed by atoms with Crippen LogP contribution in [0.4, 0.5) is 0 Å². The summed E-state index contributed by atoms with van der Waals surface area (Å²) >= 11 is 2.26. The molecule has 1 N–H and O–H groups in total. The monoisotopic (exact) mass is 676 g/mol. The smallest absolute Gasteiger partial charge is 0.330 e. The van der Waals surface area contributed by atoms with Gasteiger partial charge in [0.05, 0.1) is 17.1 Å². The number of hydrogen-bond donors (Lipinski definition) is 1. The second-order valence-electron chi connectivity index (χ2n) is 12.8. The highest BCUT2D eigenvalue weighted by Crippen LogP contribution is 2.46. The Hall–Kier alpha value is -4.68. The highest BCUT2D eigenvalue weighted by atomic mass is 32.2. The molecule has 2 aromatic heterocycles. The van der Waals surface area contributed by atoms with Gasteiger partial charge in [-0.2, -0.15) is 0 Å². The van der Waals surface area contributed by atoms with Gasteiger partial charge in [-0.1, -0.05) is 89.3 Å². The molecule has 0 amide bonds. The Kier molecular flexibility index (Phi) is 7.72. The molecule has 242 valence electrons. The summed E-state index contributed by atoms with van der Waals surface area (Å²) in [6.07, 6.45) is 6.40. The number of benzene rings is 4. The van der Waals surface area contributed by atoms with Crippen LogP contribution in [0.1, 0.15) is 62.5 Å². The van der Waals surface area contributed by atoms with Crippen LogP contribution in [0.2, 0.25) is 0 Å². The summed E-state index contributed by atoms with van der Waals surface area (Å²) in [5.41, 5.74) is 4.29. The van der Waals surface area contributed by atoms with Crippen molar-refractivity contribution in [3.8, 4) is 17.4 Å². The predicted octanol–water partition coefficient (Wildman–Crippen LogP) is 7.56. The van der Waals surface area contributed by atoms with E-state index in [-0.39, 0.29) is 11.8 Å². The van der Waals surface area contributed by atoms with E-state index in [4.69, 9.17) is 4.74 Å². The van der Waals surface area contributed by atoms with Crippen molar-refractivity contribution in [3.63, 3.8) is 0 Å². The molecule has 2 aliphatic rings. The Bertz CT molecular complexity index is 2220. The van der Waals surface area contributed by atoms with E-state index in [9.17, 15) is 14.7 Å². The van der Waals surface area contributed by atoms with Crippen LogP contribution < -0.4 is 4.74 Å². The van der Waals surface area contributed by atoms with Crippen LogP contribution in [0.25, 0.3) is 32.9 Å². The van der Waals surface area contributed by atoms with Crippen LogP contribution in [0, 0.1) is 0 Å². The highest BCUT2D eigenvalue weighted by Gasteiger charge is 2.36. The van der Waals surface area contributed by atoms with Crippen LogP contribution >= 0.6 is 23.5 Å². The van der Waals surface area contributed by atoms with Crippen LogP contribution in [0.15, 0.2) is 89.4 Å². The van der Waals surface area contributed by atoms with Crippen molar-refractivity contribution in [1.82, 2.24) is 29.5 Å². The Morgan fingerprint density at radius 2 is 1.38 bits per heavy atom. The molecule has 8 rings (SSSR count). The van der Waals surface area contributed by atoms with Gasteiger partial charge in [0.1, 0.15) is 11.1 Å². The van der Waals surface area contributed by atoms with Crippen molar-refractivity contribution in [2.45, 2.75) is 66.4 Å². The molecule has 2 saturated carbocycles. The lowest BCUT2D eigenvalue weighted by atomic mass is 9.99. The van der Waals surface area contributed by atoms with Gasteiger partial charge in [-0.25, -0.2) is 4.57 Å². The number of ether oxygens (including phenoxy) is 1. The Balaban J connectivity index is 1.12. The van der Waals surface area contributed by atoms with E-state index >= 15 is 0 Å². The molecule has 2 fully saturated rings. The van der Waals surface area contributed by atoms with E-state index in [1.165, 1.54) is 41.1 Å². The molecule has 6 aromatic rings. The maximum Gasteiger partial charge on any atom is 0.330 e. The molecule has 0 saturated heterocycles. The maximum atomic E-state index is 13.9. The van der Waals surface area contributed by atoms with E-state index in [2.05, 4.69) is 62.9 Å². The van der Waals surface area contributed by atoms with E-state index in [1.807, 2.05) is 34.9 Å². The first-order valence-corrected chi connectivity index (χ1v) is 17.7. The van der Waals surface area contributed by atoms with E-state index < -0.39 is 16.7 Å². The molecule has 0 radical (unpaired) electrons. The number of carbonyl (C=O) groups excluding carboxylic acids is 1. The number of thioether (sulfide) groups is 2. The molecule has 2 aliphatic carbocycles. The third-order valence-corrected chi connectivity index (χ3v) is 10.9. The average Bonchev–Trinajstić information content (AvgIpc) is 4.02. The van der Waals surface area contributed by atoms with Gasteiger partial charge in [0, 0.05) is 10.8 Å². The van der Waals surface area contributed by atoms with E-state index in [0.29, 0.717) is 27.8 Å². The van der Waals surface area contributed by atoms with Gasteiger partial charge in [-0.15, -0.1) is 15.3 Å². The number of hydrogen-bond acceptors (Lipinski definition) is 9. The second kappa shape index (κ2) is 12.1. The summed E-state index contributed by atoms with van der Waals surface area (Å²) in [4.78, 5) is 25.4. The van der Waals surface area contributed by atoms with E-state index in [1.54, 1.807) is 24.7 Å². The number of rotatable bonds is 11. The molecule has 0 spiro atoms. The van der Waals surface area contributed by atoms with Crippen molar-refractivity contribution in [2.75, 3.05) is 5.75 Å². The molecule has 0 aliphatic heterocycles. The lowest BCUT2D eigenvalue weighted by molar-refractivity contribution is -0.137. The van der Waals surface area contributed by atoms with Gasteiger partial charge < -0.3 is 9.84 Å². The minimum Gasteiger partial charge on any atom is -0.481 e. The van der Waals surface area contributed by atoms with Crippen LogP contribution in [0.5, 0.6) is 6.01 Å². The number of aromatic nitrogens is 6. The van der Waals surface area contributed by atoms with Crippen LogP contribution in [0.3, 0.4) is 0 Å². The minimum absolute atomic E-state index is 0.0333. The molecule has 0 atom stereocenters. The summed E-state index contributed by atoms with van der Waals surface area (Å²) < 4.78 is 8.45.